The first-order chi connectivity index (χ1) is 9.50. The highest BCUT2D eigenvalue weighted by molar-refractivity contribution is 5.81. The summed E-state index contributed by atoms with van der Waals surface area (Å²) >= 11 is 0. The maximum atomic E-state index is 11.8. The first-order valence-corrected chi connectivity index (χ1v) is 6.96. The second-order valence-electron chi connectivity index (χ2n) is 5.36. The van der Waals surface area contributed by atoms with Gasteiger partial charge in [-0.1, -0.05) is 26.0 Å². The van der Waals surface area contributed by atoms with Crippen molar-refractivity contribution in [3.8, 4) is 0 Å². The number of imidazole rings is 1. The van der Waals surface area contributed by atoms with Crippen LogP contribution in [-0.4, -0.2) is 28.0 Å². The molecule has 0 spiro atoms. The topological polar surface area (TPSA) is 72.9 Å². The first kappa shape index (κ1) is 14.5. The van der Waals surface area contributed by atoms with Crippen LogP contribution in [0.3, 0.4) is 0 Å². The number of para-hydroxylation sites is 2. The number of benzene rings is 1. The Bertz CT molecular complexity index is 603. The van der Waals surface area contributed by atoms with E-state index in [9.17, 15) is 4.79 Å². The zero-order chi connectivity index (χ0) is 14.7. The van der Waals surface area contributed by atoms with Crippen LogP contribution in [0, 0.1) is 12.8 Å². The zero-order valence-corrected chi connectivity index (χ0v) is 12.3. The van der Waals surface area contributed by atoms with Gasteiger partial charge in [-0.2, -0.15) is 0 Å². The van der Waals surface area contributed by atoms with E-state index in [2.05, 4.69) is 14.9 Å². The molecule has 1 heterocycles. The zero-order valence-electron chi connectivity index (χ0n) is 12.3. The summed E-state index contributed by atoms with van der Waals surface area (Å²) < 4.78 is 2.11. The van der Waals surface area contributed by atoms with Gasteiger partial charge in [-0.3, -0.25) is 4.79 Å². The lowest BCUT2D eigenvalue weighted by Crippen LogP contribution is -2.44. The van der Waals surface area contributed by atoms with Gasteiger partial charge in [0.25, 0.3) is 0 Å². The van der Waals surface area contributed by atoms with Crippen molar-refractivity contribution < 1.29 is 4.79 Å². The number of nitrogens with zero attached hydrogens (tertiary/aromatic N) is 2. The molecule has 0 radical (unpaired) electrons. The number of hydrogen-bond acceptors (Lipinski definition) is 3. The van der Waals surface area contributed by atoms with Gasteiger partial charge in [-0.25, -0.2) is 4.98 Å². The number of nitrogens with two attached hydrogens (primary N) is 1. The molecule has 108 valence electrons. The lowest BCUT2D eigenvalue weighted by Gasteiger charge is -2.15. The van der Waals surface area contributed by atoms with Gasteiger partial charge in [0.15, 0.2) is 0 Å². The minimum Gasteiger partial charge on any atom is -0.353 e. The van der Waals surface area contributed by atoms with Crippen molar-refractivity contribution in [3.63, 3.8) is 0 Å². The van der Waals surface area contributed by atoms with Gasteiger partial charge in [0.2, 0.25) is 5.91 Å². The van der Waals surface area contributed by atoms with E-state index in [-0.39, 0.29) is 11.8 Å². The van der Waals surface area contributed by atoms with Crippen molar-refractivity contribution in [1.29, 1.82) is 0 Å². The molecule has 2 aromatic rings. The molecule has 0 saturated heterocycles. The molecule has 0 bridgehead atoms. The van der Waals surface area contributed by atoms with E-state index >= 15 is 0 Å². The number of amides is 1. The van der Waals surface area contributed by atoms with Crippen LogP contribution >= 0.6 is 0 Å². The van der Waals surface area contributed by atoms with Crippen molar-refractivity contribution in [2.75, 3.05) is 6.54 Å². The molecular formula is C15H22N4O. The first-order valence-electron chi connectivity index (χ1n) is 6.96. The number of hydrogen-bond donors (Lipinski definition) is 2. The molecule has 0 aliphatic rings. The van der Waals surface area contributed by atoms with E-state index in [0.717, 1.165) is 16.9 Å². The van der Waals surface area contributed by atoms with E-state index in [1.165, 1.54) is 0 Å². The fourth-order valence-corrected chi connectivity index (χ4v) is 2.19. The largest absolute Gasteiger partial charge is 0.353 e. The number of rotatable bonds is 5. The highest BCUT2D eigenvalue weighted by atomic mass is 16.2. The summed E-state index contributed by atoms with van der Waals surface area (Å²) in [5.41, 5.74) is 7.88. The maximum Gasteiger partial charge on any atom is 0.237 e. The van der Waals surface area contributed by atoms with E-state index in [1.54, 1.807) is 0 Å². The van der Waals surface area contributed by atoms with Crippen LogP contribution in [0.5, 0.6) is 0 Å². The Hall–Kier alpha value is -1.88. The summed E-state index contributed by atoms with van der Waals surface area (Å²) in [7, 11) is 0. The van der Waals surface area contributed by atoms with Gasteiger partial charge in [-0.05, 0) is 25.0 Å². The molecule has 0 aliphatic heterocycles. The van der Waals surface area contributed by atoms with Crippen LogP contribution in [0.2, 0.25) is 0 Å². The molecule has 1 aromatic heterocycles. The predicted octanol–water partition coefficient (Wildman–Crippen LogP) is 1.44. The Kier molecular flexibility index (Phi) is 4.39. The van der Waals surface area contributed by atoms with E-state index < -0.39 is 6.04 Å². The molecule has 1 amide bonds. The molecule has 0 fully saturated rings. The molecule has 20 heavy (non-hydrogen) atoms. The highest BCUT2D eigenvalue weighted by Gasteiger charge is 2.16. The number of aromatic nitrogens is 2. The van der Waals surface area contributed by atoms with Crippen molar-refractivity contribution in [2.24, 2.45) is 11.7 Å². The Morgan fingerprint density at radius 2 is 2.10 bits per heavy atom. The number of carbonyl (C=O) groups is 1. The minimum atomic E-state index is -0.448. The normalized spacial score (nSPS) is 12.8. The second-order valence-corrected chi connectivity index (χ2v) is 5.36. The monoisotopic (exact) mass is 274 g/mol. The quantitative estimate of drug-likeness (QED) is 0.866. The third-order valence-electron chi connectivity index (χ3n) is 3.50. The maximum absolute atomic E-state index is 11.8. The van der Waals surface area contributed by atoms with E-state index in [4.69, 9.17) is 5.73 Å². The third kappa shape index (κ3) is 2.99. The third-order valence-corrected chi connectivity index (χ3v) is 3.50. The smallest absolute Gasteiger partial charge is 0.237 e. The van der Waals surface area contributed by atoms with Crippen LogP contribution in [0.1, 0.15) is 19.7 Å². The van der Waals surface area contributed by atoms with Crippen molar-refractivity contribution >= 4 is 16.9 Å². The Morgan fingerprint density at radius 3 is 2.80 bits per heavy atom. The summed E-state index contributed by atoms with van der Waals surface area (Å²) in [6.07, 6.45) is 0. The van der Waals surface area contributed by atoms with Crippen molar-refractivity contribution in [2.45, 2.75) is 33.4 Å². The molecule has 3 N–H and O–H groups in total. The van der Waals surface area contributed by atoms with Crippen molar-refractivity contribution in [1.82, 2.24) is 14.9 Å². The highest BCUT2D eigenvalue weighted by Crippen LogP contribution is 2.14. The number of fused-ring (bicyclic) bond motifs is 1. The second kappa shape index (κ2) is 6.05. The van der Waals surface area contributed by atoms with Gasteiger partial charge in [0.1, 0.15) is 5.82 Å². The van der Waals surface area contributed by atoms with Gasteiger partial charge in [0.05, 0.1) is 17.1 Å². The van der Waals surface area contributed by atoms with Crippen LogP contribution in [0.25, 0.3) is 11.0 Å². The fraction of sp³-hybridized carbons (Fsp3) is 0.467. The summed E-state index contributed by atoms with van der Waals surface area (Å²) in [4.78, 5) is 16.3. The van der Waals surface area contributed by atoms with Gasteiger partial charge < -0.3 is 15.6 Å². The van der Waals surface area contributed by atoms with E-state index in [0.29, 0.717) is 13.1 Å². The molecule has 1 atom stereocenters. The van der Waals surface area contributed by atoms with Crippen LogP contribution in [-0.2, 0) is 11.3 Å². The Balaban J connectivity index is 2.00. The Morgan fingerprint density at radius 1 is 1.40 bits per heavy atom. The van der Waals surface area contributed by atoms with Gasteiger partial charge >= 0.3 is 0 Å². The summed E-state index contributed by atoms with van der Waals surface area (Å²) in [6.45, 7) is 7.11. The average Bonchev–Trinajstić information content (AvgIpc) is 2.74. The summed E-state index contributed by atoms with van der Waals surface area (Å²) in [6, 6.07) is 7.55. The standard InChI is InChI=1S/C15H22N4O/c1-10(2)14(16)15(20)17-8-9-19-11(3)18-12-6-4-5-7-13(12)19/h4-7,10,14H,8-9,16H2,1-3H3,(H,17,20). The minimum absolute atomic E-state index is 0.0953. The number of carbonyl (C=O) groups excluding carboxylic acids is 1. The molecular weight excluding hydrogens is 252 g/mol. The molecule has 0 aliphatic carbocycles. The summed E-state index contributed by atoms with van der Waals surface area (Å²) in [5, 5.41) is 2.88. The lowest BCUT2D eigenvalue weighted by atomic mass is 10.1. The summed E-state index contributed by atoms with van der Waals surface area (Å²) in [5.74, 6) is 1.00. The van der Waals surface area contributed by atoms with Crippen LogP contribution < -0.4 is 11.1 Å². The van der Waals surface area contributed by atoms with Crippen LogP contribution in [0.4, 0.5) is 0 Å². The van der Waals surface area contributed by atoms with Gasteiger partial charge in [-0.15, -0.1) is 0 Å². The molecule has 2 rings (SSSR count). The van der Waals surface area contributed by atoms with Crippen LogP contribution in [0.15, 0.2) is 24.3 Å². The molecule has 1 unspecified atom stereocenters. The van der Waals surface area contributed by atoms with Crippen molar-refractivity contribution in [3.05, 3.63) is 30.1 Å². The number of nitrogens with one attached hydrogen (secondary N) is 1. The Labute approximate surface area is 119 Å². The fourth-order valence-electron chi connectivity index (χ4n) is 2.19. The average molecular weight is 274 g/mol. The SMILES string of the molecule is Cc1nc2ccccc2n1CCNC(=O)C(N)C(C)C. The predicted molar refractivity (Wildman–Crippen MR) is 80.3 cm³/mol. The lowest BCUT2D eigenvalue weighted by molar-refractivity contribution is -0.123. The molecule has 1 aromatic carbocycles. The van der Waals surface area contributed by atoms with Gasteiger partial charge in [0, 0.05) is 13.1 Å². The van der Waals surface area contributed by atoms with E-state index in [1.807, 2.05) is 45.0 Å². The molecule has 5 heteroatoms. The molecule has 5 nitrogen and oxygen atoms in total. The molecule has 0 saturated carbocycles. The number of aryl methyl sites for hydroxylation is 1.